The molecule has 0 unspecified atom stereocenters. The maximum Gasteiger partial charge on any atom is 2.00 e. The molecule has 0 saturated carbocycles. The Morgan fingerprint density at radius 1 is 1.20 bits per heavy atom. The van der Waals surface area contributed by atoms with Crippen LogP contribution < -0.4 is 0 Å². The predicted octanol–water partition coefficient (Wildman–Crippen LogP) is -1.90. The first kappa shape index (κ1) is 36.1. The molecule has 0 aromatic carbocycles. The third kappa shape index (κ3) is 18.0. The van der Waals surface area contributed by atoms with E-state index >= 15 is 0 Å². The summed E-state index contributed by atoms with van der Waals surface area (Å²) < 4.78 is 0. The van der Waals surface area contributed by atoms with Gasteiger partial charge in [-0.3, -0.25) is 0 Å². The van der Waals surface area contributed by atoms with Crippen molar-refractivity contribution in [2.75, 3.05) is 0 Å². The number of hydrogen-bond donors (Lipinski definition) is 0. The molecule has 0 saturated heterocycles. The van der Waals surface area contributed by atoms with Crippen molar-refractivity contribution in [2.24, 2.45) is 0 Å². The molecule has 5 heavy (non-hydrogen) atoms. The van der Waals surface area contributed by atoms with E-state index in [1.54, 1.807) is 0 Å². The molecule has 32 valence electrons. The van der Waals surface area contributed by atoms with Crippen LogP contribution >= 0.6 is 0 Å². The molecule has 0 aliphatic carbocycles. The molecule has 0 amide bonds. The fourth-order valence-corrected chi connectivity index (χ4v) is 0. The summed E-state index contributed by atoms with van der Waals surface area (Å²) in [7, 11) is 0. The van der Waals surface area contributed by atoms with E-state index in [9.17, 15) is 0 Å². The summed E-state index contributed by atoms with van der Waals surface area (Å²) in [5.74, 6) is 0. The molecule has 1 nitrogen and oxygen atoms in total. The first-order valence-corrected chi connectivity index (χ1v) is 0. The molecule has 0 aromatic heterocycles. The summed E-state index contributed by atoms with van der Waals surface area (Å²) in [6, 6.07) is 0. The van der Waals surface area contributed by atoms with Crippen LogP contribution in [0.3, 0.4) is 0 Å². The van der Waals surface area contributed by atoms with Crippen LogP contribution in [0.4, 0.5) is 0 Å². The molecular weight excluding hydrogens is 463 g/mol. The normalized spacial score (nSPS) is 0. The zero-order valence-corrected chi connectivity index (χ0v) is 15.5. The average Bonchev–Trinajstić information content (AvgIpc) is 0. The van der Waals surface area contributed by atoms with Gasteiger partial charge in [0, 0.05) is 49.8 Å². The zero-order valence-electron chi connectivity index (χ0n) is 4.79. The molecule has 0 aliphatic heterocycles. The topological polar surface area (TPSA) is 31.5 Å². The van der Waals surface area contributed by atoms with Crippen LogP contribution in [0.15, 0.2) is 0 Å². The zero-order chi connectivity index (χ0) is 0. The second kappa shape index (κ2) is 24.5. The van der Waals surface area contributed by atoms with Crippen molar-refractivity contribution in [1.82, 2.24) is 0 Å². The summed E-state index contributed by atoms with van der Waals surface area (Å²) in [4.78, 5) is 0. The van der Waals surface area contributed by atoms with Crippen LogP contribution in [0.1, 0.15) is 2.85 Å². The van der Waals surface area contributed by atoms with E-state index in [2.05, 4.69) is 0 Å². The van der Waals surface area contributed by atoms with Crippen molar-refractivity contribution in [3.63, 3.8) is 0 Å². The second-order valence-corrected chi connectivity index (χ2v) is 0. The fraction of sp³-hybridized carbons (Fsp3) is 0. The largest absolute Gasteiger partial charge is 2.00 e. The molecule has 4 radical (unpaired) electrons. The van der Waals surface area contributed by atoms with E-state index in [1.165, 1.54) is 0 Å². The van der Waals surface area contributed by atoms with Gasteiger partial charge in [0.05, 0.1) is 0 Å². The van der Waals surface area contributed by atoms with Gasteiger partial charge in [0.2, 0.25) is 0 Å². The van der Waals surface area contributed by atoms with Gasteiger partial charge in [0.1, 0.15) is 0 Å². The van der Waals surface area contributed by atoms with Gasteiger partial charge in [-0.15, -0.1) is 0 Å². The molecular formula is H6CuOPbSrY. The van der Waals surface area contributed by atoms with E-state index in [-0.39, 0.29) is 131 Å². The SMILES string of the molecule is O.[Cu].[H-].[H-].[PbH2].[Sr+2].[Y]. The Bertz CT molecular complexity index is 17.7. The predicted molar refractivity (Wildman–Crippen MR) is 20.1 cm³/mol. The van der Waals surface area contributed by atoms with E-state index in [1.807, 2.05) is 0 Å². The van der Waals surface area contributed by atoms with E-state index in [0.717, 1.165) is 0 Å². The van der Waals surface area contributed by atoms with Crippen molar-refractivity contribution in [2.45, 2.75) is 0 Å². The Morgan fingerprint density at radius 2 is 1.20 bits per heavy atom. The Hall–Kier alpha value is 3.99. The molecule has 0 heterocycles. The van der Waals surface area contributed by atoms with E-state index in [0.29, 0.717) is 0 Å². The summed E-state index contributed by atoms with van der Waals surface area (Å²) in [6.07, 6.45) is 0. The van der Waals surface area contributed by atoms with Gasteiger partial charge in [-0.25, -0.2) is 0 Å². The van der Waals surface area contributed by atoms with Crippen LogP contribution in [0.2, 0.25) is 0 Å². The average molecular weight is 469 g/mol. The van der Waals surface area contributed by atoms with Crippen molar-refractivity contribution >= 4 is 72.8 Å². The van der Waals surface area contributed by atoms with Crippen LogP contribution in [-0.2, 0) is 49.8 Å². The Morgan fingerprint density at radius 3 is 1.20 bits per heavy atom. The van der Waals surface area contributed by atoms with Crippen molar-refractivity contribution < 1.29 is 58.1 Å². The molecule has 0 rings (SSSR count). The van der Waals surface area contributed by atoms with Crippen LogP contribution in [0.5, 0.6) is 0 Å². The smallest absolute Gasteiger partial charge is 0 e. The molecule has 0 aromatic rings. The van der Waals surface area contributed by atoms with Crippen LogP contribution in [0, 0.1) is 0 Å². The number of hydrogen-bond acceptors (Lipinski definition) is 0. The standard InChI is InChI=1S/Cu.H2O.Pb.Sr.Y.4H/h;1H2;;;;;;;/q;;;+2;;;;2*-1. The summed E-state index contributed by atoms with van der Waals surface area (Å²) in [5.41, 5.74) is 0. The maximum atomic E-state index is 0. The summed E-state index contributed by atoms with van der Waals surface area (Å²) in [5, 5.41) is 0. The Kier molecular flexibility index (Phi) is 177. The minimum Gasteiger partial charge on any atom is 0 e. The van der Waals surface area contributed by atoms with Gasteiger partial charge in [0.25, 0.3) is 0 Å². The molecule has 0 fully saturated rings. The van der Waals surface area contributed by atoms with Gasteiger partial charge in [-0.1, -0.05) is 0 Å². The summed E-state index contributed by atoms with van der Waals surface area (Å²) in [6.45, 7) is 0. The van der Waals surface area contributed by atoms with Crippen LogP contribution in [0.25, 0.3) is 0 Å². The molecule has 0 bridgehead atoms. The van der Waals surface area contributed by atoms with Gasteiger partial charge in [0.15, 0.2) is 0 Å². The Labute approximate surface area is 127 Å². The molecule has 0 spiro atoms. The van der Waals surface area contributed by atoms with Crippen molar-refractivity contribution in [1.29, 1.82) is 0 Å². The van der Waals surface area contributed by atoms with Crippen LogP contribution in [-0.4, -0.2) is 78.3 Å². The third-order valence-electron chi connectivity index (χ3n) is 0. The molecule has 0 aliphatic rings. The minimum atomic E-state index is 0. The van der Waals surface area contributed by atoms with Gasteiger partial charge in [-0.05, 0) is 0 Å². The number of rotatable bonds is 0. The van der Waals surface area contributed by atoms with E-state index < -0.39 is 0 Å². The quantitative estimate of drug-likeness (QED) is 0.372. The fourth-order valence-electron chi connectivity index (χ4n) is 0. The molecule has 2 N–H and O–H groups in total. The van der Waals surface area contributed by atoms with Gasteiger partial charge >= 0.3 is 72.8 Å². The van der Waals surface area contributed by atoms with Gasteiger partial charge in [-0.2, -0.15) is 0 Å². The van der Waals surface area contributed by atoms with Crippen molar-refractivity contribution in [3.05, 3.63) is 0 Å². The van der Waals surface area contributed by atoms with Gasteiger partial charge < -0.3 is 8.33 Å². The monoisotopic (exact) mass is 470 g/mol. The molecule has 0 atom stereocenters. The summed E-state index contributed by atoms with van der Waals surface area (Å²) >= 11 is 0. The van der Waals surface area contributed by atoms with E-state index in [4.69, 9.17) is 0 Å². The van der Waals surface area contributed by atoms with Crippen molar-refractivity contribution in [3.8, 4) is 0 Å². The second-order valence-electron chi connectivity index (χ2n) is 0. The molecule has 5 heteroatoms. The Balaban J connectivity index is 0. The minimum absolute atomic E-state index is 0. The maximum absolute atomic E-state index is 0. The first-order valence-electron chi connectivity index (χ1n) is 0. The third-order valence-corrected chi connectivity index (χ3v) is 0. The first-order chi connectivity index (χ1) is 0.